The Balaban J connectivity index is 2.11. The van der Waals surface area contributed by atoms with Gasteiger partial charge in [0.1, 0.15) is 5.60 Å². The van der Waals surface area contributed by atoms with Gasteiger partial charge in [0, 0.05) is 31.4 Å². The molecule has 5 heteroatoms. The van der Waals surface area contributed by atoms with E-state index in [1.165, 1.54) is 0 Å². The summed E-state index contributed by atoms with van der Waals surface area (Å²) in [6.45, 7) is 9.85. The summed E-state index contributed by atoms with van der Waals surface area (Å²) in [6, 6.07) is 7.63. The number of rotatable bonds is 4. The molecule has 0 amide bonds. The van der Waals surface area contributed by atoms with Gasteiger partial charge in [-0.05, 0) is 52.3 Å². The summed E-state index contributed by atoms with van der Waals surface area (Å²) in [5.74, 6) is -0.297. The van der Waals surface area contributed by atoms with Gasteiger partial charge in [-0.1, -0.05) is 6.07 Å². The molecule has 0 radical (unpaired) electrons. The maximum atomic E-state index is 12.2. The number of esters is 1. The second-order valence-electron chi connectivity index (χ2n) is 6.94. The number of nitrogens with two attached hydrogens (primary N) is 1. The Hall–Kier alpha value is -1.59. The molecule has 128 valence electrons. The van der Waals surface area contributed by atoms with Crippen LogP contribution in [0, 0.1) is 0 Å². The summed E-state index contributed by atoms with van der Waals surface area (Å²) < 4.78 is 11.2. The molecule has 1 aliphatic heterocycles. The molecule has 0 saturated carbocycles. The first-order chi connectivity index (χ1) is 10.8. The second kappa shape index (κ2) is 7.32. The molecule has 2 N–H and O–H groups in total. The second-order valence-corrected chi connectivity index (χ2v) is 6.94. The normalized spacial score (nSPS) is 22.0. The number of carbonyl (C=O) groups is 1. The molecule has 1 aromatic rings. The first-order valence-corrected chi connectivity index (χ1v) is 8.25. The number of hydrogen-bond acceptors (Lipinski definition) is 5. The molecule has 1 fully saturated rings. The summed E-state index contributed by atoms with van der Waals surface area (Å²) in [6.07, 6.45) is 0.903. The zero-order chi connectivity index (χ0) is 17.0. The molecule has 23 heavy (non-hydrogen) atoms. The summed E-state index contributed by atoms with van der Waals surface area (Å²) in [4.78, 5) is 14.4. The lowest BCUT2D eigenvalue weighted by Gasteiger charge is -2.38. The van der Waals surface area contributed by atoms with Crippen molar-refractivity contribution in [1.82, 2.24) is 0 Å². The molecule has 1 aliphatic rings. The average Bonchev–Trinajstić information content (AvgIpc) is 2.48. The molecular formula is C18H28N2O3. The molecule has 0 bridgehead atoms. The van der Waals surface area contributed by atoms with E-state index in [-0.39, 0.29) is 18.1 Å². The lowest BCUT2D eigenvalue weighted by molar-refractivity contribution is 0.00695. The summed E-state index contributed by atoms with van der Waals surface area (Å²) in [5.41, 5.74) is 7.21. The predicted octanol–water partition coefficient (Wildman–Crippen LogP) is 2.58. The van der Waals surface area contributed by atoms with Crippen LogP contribution in [0.3, 0.4) is 0 Å². The van der Waals surface area contributed by atoms with Gasteiger partial charge in [0.25, 0.3) is 0 Å². The molecule has 0 spiro atoms. The monoisotopic (exact) mass is 320 g/mol. The lowest BCUT2D eigenvalue weighted by Crippen LogP contribution is -2.52. The number of ether oxygens (including phenoxy) is 2. The highest BCUT2D eigenvalue weighted by molar-refractivity contribution is 5.90. The van der Waals surface area contributed by atoms with Crippen LogP contribution in [0.15, 0.2) is 24.3 Å². The first-order valence-electron chi connectivity index (χ1n) is 8.25. The van der Waals surface area contributed by atoms with Crippen LogP contribution in [-0.4, -0.2) is 43.4 Å². The average molecular weight is 320 g/mol. The van der Waals surface area contributed by atoms with Gasteiger partial charge in [0.15, 0.2) is 0 Å². The molecule has 1 aromatic carbocycles. The number of carbonyl (C=O) groups excluding carboxylic acids is 1. The zero-order valence-corrected chi connectivity index (χ0v) is 14.5. The Bertz CT molecular complexity index is 539. The highest BCUT2D eigenvalue weighted by atomic mass is 16.6. The van der Waals surface area contributed by atoms with Crippen LogP contribution in [0.1, 0.15) is 44.5 Å². The van der Waals surface area contributed by atoms with Crippen LogP contribution < -0.4 is 10.6 Å². The highest BCUT2D eigenvalue weighted by Gasteiger charge is 2.27. The maximum Gasteiger partial charge on any atom is 0.338 e. The lowest BCUT2D eigenvalue weighted by atomic mass is 10.0. The van der Waals surface area contributed by atoms with Crippen molar-refractivity contribution in [1.29, 1.82) is 0 Å². The van der Waals surface area contributed by atoms with Crippen LogP contribution in [-0.2, 0) is 9.47 Å². The largest absolute Gasteiger partial charge is 0.456 e. The van der Waals surface area contributed by atoms with Crippen molar-refractivity contribution in [2.24, 2.45) is 5.73 Å². The van der Waals surface area contributed by atoms with Crippen molar-refractivity contribution in [3.63, 3.8) is 0 Å². The van der Waals surface area contributed by atoms with E-state index in [9.17, 15) is 4.79 Å². The van der Waals surface area contributed by atoms with Gasteiger partial charge in [-0.2, -0.15) is 0 Å². The Morgan fingerprint density at radius 3 is 2.78 bits per heavy atom. The molecule has 2 atom stereocenters. The van der Waals surface area contributed by atoms with Crippen molar-refractivity contribution < 1.29 is 14.3 Å². The van der Waals surface area contributed by atoms with Crippen LogP contribution in [0.25, 0.3) is 0 Å². The van der Waals surface area contributed by atoms with E-state index in [4.69, 9.17) is 15.2 Å². The third-order valence-electron chi connectivity index (χ3n) is 3.84. The Morgan fingerprint density at radius 2 is 2.13 bits per heavy atom. The quantitative estimate of drug-likeness (QED) is 0.864. The molecule has 5 nitrogen and oxygen atoms in total. The Labute approximate surface area is 138 Å². The van der Waals surface area contributed by atoms with Crippen LogP contribution >= 0.6 is 0 Å². The van der Waals surface area contributed by atoms with Crippen LogP contribution in [0.5, 0.6) is 0 Å². The van der Waals surface area contributed by atoms with E-state index in [0.717, 1.165) is 25.2 Å². The van der Waals surface area contributed by atoms with E-state index in [2.05, 4.69) is 4.90 Å². The maximum absolute atomic E-state index is 12.2. The zero-order valence-electron chi connectivity index (χ0n) is 14.5. The number of hydrogen-bond donors (Lipinski definition) is 1. The molecule has 1 saturated heterocycles. The van der Waals surface area contributed by atoms with Crippen LogP contribution in [0.2, 0.25) is 0 Å². The smallest absolute Gasteiger partial charge is 0.338 e. The van der Waals surface area contributed by atoms with E-state index in [1.54, 1.807) is 6.07 Å². The number of benzene rings is 1. The van der Waals surface area contributed by atoms with E-state index >= 15 is 0 Å². The molecule has 0 aromatic heterocycles. The van der Waals surface area contributed by atoms with Crippen molar-refractivity contribution in [3.05, 3.63) is 29.8 Å². The first kappa shape index (κ1) is 17.8. The molecule has 0 unspecified atom stereocenters. The third-order valence-corrected chi connectivity index (χ3v) is 3.84. The van der Waals surface area contributed by atoms with E-state index < -0.39 is 5.60 Å². The van der Waals surface area contributed by atoms with Crippen molar-refractivity contribution in [2.45, 2.75) is 51.9 Å². The highest BCUT2D eigenvalue weighted by Crippen LogP contribution is 2.23. The Morgan fingerprint density at radius 1 is 1.39 bits per heavy atom. The van der Waals surface area contributed by atoms with Crippen molar-refractivity contribution in [2.75, 3.05) is 24.6 Å². The molecular weight excluding hydrogens is 292 g/mol. The SMILES string of the molecule is CCO[C@@H]1CN(c2cccc(C(=O)OC(C)(C)C)c2)CC[C@@H]1N. The predicted molar refractivity (Wildman–Crippen MR) is 91.8 cm³/mol. The van der Waals surface area contributed by atoms with E-state index in [1.807, 2.05) is 45.9 Å². The van der Waals surface area contributed by atoms with Gasteiger partial charge in [0.05, 0.1) is 11.7 Å². The number of anilines is 1. The fourth-order valence-corrected chi connectivity index (χ4v) is 2.73. The Kier molecular flexibility index (Phi) is 5.65. The molecule has 2 rings (SSSR count). The molecule has 1 heterocycles. The van der Waals surface area contributed by atoms with Gasteiger partial charge < -0.3 is 20.1 Å². The molecule has 0 aliphatic carbocycles. The van der Waals surface area contributed by atoms with Gasteiger partial charge in [0.2, 0.25) is 0 Å². The van der Waals surface area contributed by atoms with Gasteiger partial charge in [-0.3, -0.25) is 0 Å². The van der Waals surface area contributed by atoms with E-state index in [0.29, 0.717) is 12.2 Å². The standard InChI is InChI=1S/C18H28N2O3/c1-5-22-16-12-20(10-9-15(16)19)14-8-6-7-13(11-14)17(21)23-18(2,3)4/h6-8,11,15-16H,5,9-10,12,19H2,1-4H3/t15-,16+/m0/s1. The minimum atomic E-state index is -0.495. The third kappa shape index (κ3) is 4.94. The fourth-order valence-electron chi connectivity index (χ4n) is 2.73. The fraction of sp³-hybridized carbons (Fsp3) is 0.611. The van der Waals surface area contributed by atoms with Crippen LogP contribution in [0.4, 0.5) is 5.69 Å². The minimum Gasteiger partial charge on any atom is -0.456 e. The van der Waals surface area contributed by atoms with Gasteiger partial charge in [-0.25, -0.2) is 4.79 Å². The summed E-state index contributed by atoms with van der Waals surface area (Å²) >= 11 is 0. The van der Waals surface area contributed by atoms with Gasteiger partial charge >= 0.3 is 5.97 Å². The van der Waals surface area contributed by atoms with Crippen molar-refractivity contribution >= 4 is 11.7 Å². The summed E-state index contributed by atoms with van der Waals surface area (Å²) in [5, 5.41) is 0. The summed E-state index contributed by atoms with van der Waals surface area (Å²) in [7, 11) is 0. The number of nitrogens with zero attached hydrogens (tertiary/aromatic N) is 1. The van der Waals surface area contributed by atoms with Crippen molar-refractivity contribution in [3.8, 4) is 0 Å². The number of piperidine rings is 1. The van der Waals surface area contributed by atoms with Gasteiger partial charge in [-0.15, -0.1) is 0 Å². The minimum absolute atomic E-state index is 0.0268. The topological polar surface area (TPSA) is 64.8 Å².